The van der Waals surface area contributed by atoms with E-state index in [4.69, 9.17) is 4.74 Å². The molecule has 2 N–H and O–H groups in total. The zero-order chi connectivity index (χ0) is 18.6. The van der Waals surface area contributed by atoms with Gasteiger partial charge in [-0.3, -0.25) is 9.52 Å². The molecule has 0 saturated carbocycles. The third-order valence-corrected chi connectivity index (χ3v) is 5.64. The lowest BCUT2D eigenvalue weighted by Gasteiger charge is -2.11. The molecule has 1 aliphatic rings. The number of sulfonamides is 1. The summed E-state index contributed by atoms with van der Waals surface area (Å²) in [5.41, 5.74) is 1.96. The van der Waals surface area contributed by atoms with E-state index in [1.165, 1.54) is 24.3 Å². The topological polar surface area (TPSA) is 84.5 Å². The second-order valence-electron chi connectivity index (χ2n) is 6.34. The highest BCUT2D eigenvalue weighted by Gasteiger charge is 2.18. The molecule has 0 spiro atoms. The Bertz CT molecular complexity index is 855. The highest BCUT2D eigenvalue weighted by Crippen LogP contribution is 2.17. The molecule has 1 saturated heterocycles. The summed E-state index contributed by atoms with van der Waals surface area (Å²) in [5, 5.41) is 2.82. The van der Waals surface area contributed by atoms with E-state index < -0.39 is 10.0 Å². The number of benzene rings is 2. The van der Waals surface area contributed by atoms with Crippen LogP contribution in [0.2, 0.25) is 0 Å². The predicted octanol–water partition coefficient (Wildman–Crippen LogP) is 2.70. The third kappa shape index (κ3) is 4.62. The summed E-state index contributed by atoms with van der Waals surface area (Å²) in [4.78, 5) is 12.3. The molecule has 6 nitrogen and oxygen atoms in total. The zero-order valence-corrected chi connectivity index (χ0v) is 15.4. The second-order valence-corrected chi connectivity index (χ2v) is 8.02. The maximum absolute atomic E-state index is 12.4. The molecule has 138 valence electrons. The van der Waals surface area contributed by atoms with Crippen LogP contribution in [-0.2, 0) is 14.8 Å². The van der Waals surface area contributed by atoms with Crippen molar-refractivity contribution >= 4 is 21.6 Å². The molecule has 2 aromatic rings. The van der Waals surface area contributed by atoms with Gasteiger partial charge in [-0.1, -0.05) is 17.7 Å². The van der Waals surface area contributed by atoms with Crippen LogP contribution >= 0.6 is 0 Å². The molecule has 1 aliphatic heterocycles. The first kappa shape index (κ1) is 18.4. The van der Waals surface area contributed by atoms with Crippen LogP contribution in [-0.4, -0.2) is 33.6 Å². The molecule has 0 aromatic heterocycles. The van der Waals surface area contributed by atoms with Crippen LogP contribution in [0.1, 0.15) is 28.8 Å². The first-order valence-electron chi connectivity index (χ1n) is 8.53. The number of aryl methyl sites for hydroxylation is 1. The molecule has 26 heavy (non-hydrogen) atoms. The fraction of sp³-hybridized carbons (Fsp3) is 0.316. The quantitative estimate of drug-likeness (QED) is 0.814. The van der Waals surface area contributed by atoms with E-state index in [1.54, 1.807) is 12.1 Å². The standard InChI is InChI=1S/C19H22N2O4S/c1-14-4-8-16(9-5-14)21-26(23,24)18-10-6-15(7-11-18)19(22)20-13-17-3-2-12-25-17/h4-11,17,21H,2-3,12-13H2,1H3,(H,20,22)/t17-/m0/s1. The lowest BCUT2D eigenvalue weighted by Crippen LogP contribution is -2.31. The van der Waals surface area contributed by atoms with Crippen LogP contribution < -0.4 is 10.0 Å². The minimum absolute atomic E-state index is 0.0670. The Morgan fingerprint density at radius 2 is 1.81 bits per heavy atom. The fourth-order valence-corrected chi connectivity index (χ4v) is 3.79. The van der Waals surface area contributed by atoms with E-state index in [9.17, 15) is 13.2 Å². The molecule has 1 fully saturated rings. The molecule has 0 unspecified atom stereocenters. The summed E-state index contributed by atoms with van der Waals surface area (Å²) in [6.45, 7) is 3.13. The molecular formula is C19H22N2O4S. The van der Waals surface area contributed by atoms with Crippen molar-refractivity contribution < 1.29 is 17.9 Å². The van der Waals surface area contributed by atoms with Crippen molar-refractivity contribution in [1.82, 2.24) is 5.32 Å². The van der Waals surface area contributed by atoms with Crippen LogP contribution in [0.4, 0.5) is 5.69 Å². The number of amides is 1. The van der Waals surface area contributed by atoms with Crippen LogP contribution in [0.25, 0.3) is 0 Å². The summed E-state index contributed by atoms with van der Waals surface area (Å²) in [6, 6.07) is 13.0. The molecule has 1 amide bonds. The zero-order valence-electron chi connectivity index (χ0n) is 14.6. The summed E-state index contributed by atoms with van der Waals surface area (Å²) in [6.07, 6.45) is 2.03. The van der Waals surface area contributed by atoms with Gasteiger partial charge in [-0.2, -0.15) is 0 Å². The van der Waals surface area contributed by atoms with Gasteiger partial charge in [0.05, 0.1) is 11.0 Å². The van der Waals surface area contributed by atoms with Gasteiger partial charge in [0.1, 0.15) is 0 Å². The van der Waals surface area contributed by atoms with Crippen molar-refractivity contribution in [3.8, 4) is 0 Å². The van der Waals surface area contributed by atoms with Crippen LogP contribution in [0, 0.1) is 6.92 Å². The van der Waals surface area contributed by atoms with Crippen LogP contribution in [0.5, 0.6) is 0 Å². The average molecular weight is 374 g/mol. The number of hydrogen-bond acceptors (Lipinski definition) is 4. The lowest BCUT2D eigenvalue weighted by atomic mass is 10.2. The minimum atomic E-state index is -3.70. The largest absolute Gasteiger partial charge is 0.376 e. The van der Waals surface area contributed by atoms with Gasteiger partial charge in [0.15, 0.2) is 0 Å². The lowest BCUT2D eigenvalue weighted by molar-refractivity contribution is 0.0857. The molecule has 2 aromatic carbocycles. The van der Waals surface area contributed by atoms with Crippen molar-refractivity contribution in [3.05, 3.63) is 59.7 Å². The number of rotatable bonds is 6. The number of carbonyl (C=O) groups excluding carboxylic acids is 1. The van der Waals surface area contributed by atoms with E-state index in [1.807, 2.05) is 19.1 Å². The number of anilines is 1. The summed E-state index contributed by atoms with van der Waals surface area (Å²) >= 11 is 0. The van der Waals surface area contributed by atoms with Gasteiger partial charge < -0.3 is 10.1 Å². The Balaban J connectivity index is 1.63. The average Bonchev–Trinajstić information content (AvgIpc) is 3.15. The van der Waals surface area contributed by atoms with Crippen molar-refractivity contribution in [2.75, 3.05) is 17.9 Å². The Kier molecular flexibility index (Phi) is 5.58. The molecule has 1 heterocycles. The third-order valence-electron chi connectivity index (χ3n) is 4.24. The Morgan fingerprint density at radius 1 is 1.12 bits per heavy atom. The first-order valence-corrected chi connectivity index (χ1v) is 10.0. The highest BCUT2D eigenvalue weighted by atomic mass is 32.2. The maximum atomic E-state index is 12.4. The Morgan fingerprint density at radius 3 is 2.42 bits per heavy atom. The normalized spacial score (nSPS) is 17.0. The summed E-state index contributed by atoms with van der Waals surface area (Å²) in [5.74, 6) is -0.240. The molecule has 7 heteroatoms. The van der Waals surface area contributed by atoms with Gasteiger partial charge in [0.25, 0.3) is 15.9 Å². The van der Waals surface area contributed by atoms with Crippen molar-refractivity contribution in [2.24, 2.45) is 0 Å². The molecule has 3 rings (SSSR count). The van der Waals surface area contributed by atoms with Crippen molar-refractivity contribution in [1.29, 1.82) is 0 Å². The number of hydrogen-bond donors (Lipinski definition) is 2. The molecule has 0 bridgehead atoms. The number of nitrogens with one attached hydrogen (secondary N) is 2. The molecule has 1 atom stereocenters. The van der Waals surface area contributed by atoms with Gasteiger partial charge in [-0.05, 0) is 56.2 Å². The van der Waals surface area contributed by atoms with E-state index in [2.05, 4.69) is 10.0 Å². The molecule has 0 aliphatic carbocycles. The number of ether oxygens (including phenoxy) is 1. The van der Waals surface area contributed by atoms with Gasteiger partial charge in [-0.15, -0.1) is 0 Å². The minimum Gasteiger partial charge on any atom is -0.376 e. The molecule has 0 radical (unpaired) electrons. The smallest absolute Gasteiger partial charge is 0.261 e. The first-order chi connectivity index (χ1) is 12.4. The van der Waals surface area contributed by atoms with E-state index in [0.717, 1.165) is 25.0 Å². The van der Waals surface area contributed by atoms with Crippen LogP contribution in [0.15, 0.2) is 53.4 Å². The van der Waals surface area contributed by atoms with Crippen LogP contribution in [0.3, 0.4) is 0 Å². The van der Waals surface area contributed by atoms with Gasteiger partial charge in [0, 0.05) is 24.4 Å². The predicted molar refractivity (Wildman–Crippen MR) is 99.7 cm³/mol. The fourth-order valence-electron chi connectivity index (χ4n) is 2.74. The monoisotopic (exact) mass is 374 g/mol. The summed E-state index contributed by atoms with van der Waals surface area (Å²) < 4.78 is 32.9. The SMILES string of the molecule is Cc1ccc(NS(=O)(=O)c2ccc(C(=O)NC[C@@H]3CCCO3)cc2)cc1. The maximum Gasteiger partial charge on any atom is 0.261 e. The number of carbonyl (C=O) groups is 1. The Labute approximate surface area is 153 Å². The van der Waals surface area contributed by atoms with Gasteiger partial charge in [0.2, 0.25) is 0 Å². The van der Waals surface area contributed by atoms with E-state index in [0.29, 0.717) is 17.8 Å². The van der Waals surface area contributed by atoms with E-state index >= 15 is 0 Å². The highest BCUT2D eigenvalue weighted by molar-refractivity contribution is 7.92. The Hall–Kier alpha value is -2.38. The molecular weight excluding hydrogens is 352 g/mol. The van der Waals surface area contributed by atoms with E-state index in [-0.39, 0.29) is 16.9 Å². The summed E-state index contributed by atoms with van der Waals surface area (Å²) in [7, 11) is -3.70. The van der Waals surface area contributed by atoms with Gasteiger partial charge >= 0.3 is 0 Å². The van der Waals surface area contributed by atoms with Gasteiger partial charge in [-0.25, -0.2) is 8.42 Å². The van der Waals surface area contributed by atoms with Crippen molar-refractivity contribution in [2.45, 2.75) is 30.8 Å². The second kappa shape index (κ2) is 7.88. The van der Waals surface area contributed by atoms with Crippen molar-refractivity contribution in [3.63, 3.8) is 0 Å².